The number of aromatic nitrogens is 2. The third-order valence-corrected chi connectivity index (χ3v) is 3.09. The Hall–Kier alpha value is -3.06. The molecular formula is C17H13N3O. The molecule has 2 aromatic carbocycles. The molecule has 0 saturated heterocycles. The predicted octanol–water partition coefficient (Wildman–Crippen LogP) is 3.53. The summed E-state index contributed by atoms with van der Waals surface area (Å²) in [5.41, 5.74) is 3.32. The van der Waals surface area contributed by atoms with E-state index >= 15 is 0 Å². The average molecular weight is 275 g/mol. The first kappa shape index (κ1) is 12.9. The van der Waals surface area contributed by atoms with E-state index in [1.54, 1.807) is 12.1 Å². The minimum Gasteiger partial charge on any atom is -0.486 e. The number of hydrogen-bond acceptors (Lipinski definition) is 3. The molecule has 0 spiro atoms. The molecule has 1 N–H and O–H groups in total. The van der Waals surface area contributed by atoms with Gasteiger partial charge >= 0.3 is 0 Å². The van der Waals surface area contributed by atoms with Gasteiger partial charge in [0, 0.05) is 5.56 Å². The van der Waals surface area contributed by atoms with Crippen LogP contribution in [0.25, 0.3) is 11.3 Å². The molecule has 21 heavy (non-hydrogen) atoms. The Kier molecular flexibility index (Phi) is 3.66. The Morgan fingerprint density at radius 3 is 2.62 bits per heavy atom. The van der Waals surface area contributed by atoms with Crippen molar-refractivity contribution >= 4 is 0 Å². The smallest absolute Gasteiger partial charge is 0.137 e. The maximum atomic E-state index is 9.02. The van der Waals surface area contributed by atoms with Crippen LogP contribution in [0.15, 0.2) is 60.7 Å². The molecule has 0 radical (unpaired) electrons. The first-order valence-electron chi connectivity index (χ1n) is 6.58. The lowest BCUT2D eigenvalue weighted by Crippen LogP contribution is -1.97. The fourth-order valence-corrected chi connectivity index (χ4v) is 2.03. The second-order valence-electron chi connectivity index (χ2n) is 4.54. The number of nitriles is 1. The van der Waals surface area contributed by atoms with Crippen LogP contribution in [0.4, 0.5) is 0 Å². The van der Waals surface area contributed by atoms with E-state index in [0.29, 0.717) is 17.9 Å². The molecular weight excluding hydrogens is 262 g/mol. The van der Waals surface area contributed by atoms with Crippen LogP contribution >= 0.6 is 0 Å². The monoisotopic (exact) mass is 275 g/mol. The Morgan fingerprint density at radius 2 is 1.81 bits per heavy atom. The number of hydrogen-bond donors (Lipinski definition) is 1. The fraction of sp³-hybridized carbons (Fsp3) is 0.0588. The normalized spacial score (nSPS) is 10.0. The van der Waals surface area contributed by atoms with Gasteiger partial charge in [0.25, 0.3) is 0 Å². The average Bonchev–Trinajstić information content (AvgIpc) is 3.03. The Balaban J connectivity index is 1.72. The van der Waals surface area contributed by atoms with Gasteiger partial charge in [0.05, 0.1) is 17.0 Å². The van der Waals surface area contributed by atoms with E-state index in [2.05, 4.69) is 16.3 Å². The molecule has 0 amide bonds. The van der Waals surface area contributed by atoms with Crippen LogP contribution < -0.4 is 4.74 Å². The van der Waals surface area contributed by atoms with E-state index in [1.807, 2.05) is 48.5 Å². The Bertz CT molecular complexity index is 772. The zero-order valence-corrected chi connectivity index (χ0v) is 11.3. The molecule has 0 bridgehead atoms. The summed E-state index contributed by atoms with van der Waals surface area (Å²) in [4.78, 5) is 0. The van der Waals surface area contributed by atoms with Gasteiger partial charge in [-0.25, -0.2) is 0 Å². The topological polar surface area (TPSA) is 61.7 Å². The minimum atomic E-state index is 0.346. The van der Waals surface area contributed by atoms with E-state index in [-0.39, 0.29) is 0 Å². The largest absolute Gasteiger partial charge is 0.486 e. The summed E-state index contributed by atoms with van der Waals surface area (Å²) in [6.07, 6.45) is 0. The summed E-state index contributed by atoms with van der Waals surface area (Å²) in [5, 5.41) is 16.2. The first-order valence-corrected chi connectivity index (χ1v) is 6.58. The lowest BCUT2D eigenvalue weighted by atomic mass is 10.1. The van der Waals surface area contributed by atoms with E-state index in [1.165, 1.54) is 0 Å². The number of H-pyrrole nitrogens is 1. The molecule has 0 saturated carbocycles. The van der Waals surface area contributed by atoms with Crippen LogP contribution in [-0.2, 0) is 6.61 Å². The second-order valence-corrected chi connectivity index (χ2v) is 4.54. The number of ether oxygens (including phenoxy) is 1. The highest BCUT2D eigenvalue weighted by atomic mass is 16.5. The fourth-order valence-electron chi connectivity index (χ4n) is 2.03. The molecule has 3 aromatic rings. The van der Waals surface area contributed by atoms with Gasteiger partial charge in [0.2, 0.25) is 0 Å². The van der Waals surface area contributed by atoms with Crippen molar-refractivity contribution < 1.29 is 4.74 Å². The van der Waals surface area contributed by atoms with Crippen LogP contribution in [0.5, 0.6) is 5.75 Å². The molecule has 4 nitrogen and oxygen atoms in total. The molecule has 0 aliphatic heterocycles. The maximum absolute atomic E-state index is 9.02. The zero-order chi connectivity index (χ0) is 14.5. The highest BCUT2D eigenvalue weighted by Crippen LogP contribution is 2.20. The summed E-state index contributed by atoms with van der Waals surface area (Å²) >= 11 is 0. The van der Waals surface area contributed by atoms with Crippen molar-refractivity contribution in [1.29, 1.82) is 5.26 Å². The summed E-state index contributed by atoms with van der Waals surface area (Å²) < 4.78 is 5.67. The molecule has 1 aromatic heterocycles. The van der Waals surface area contributed by atoms with E-state index in [0.717, 1.165) is 17.0 Å². The lowest BCUT2D eigenvalue weighted by molar-refractivity contribution is 0.300. The molecule has 0 atom stereocenters. The SMILES string of the molecule is N#Cc1ccccc1OCc1cc(-c2ccccc2)n[nH]1. The number of rotatable bonds is 4. The molecule has 3 rings (SSSR count). The van der Waals surface area contributed by atoms with Gasteiger partial charge in [-0.2, -0.15) is 10.4 Å². The quantitative estimate of drug-likeness (QED) is 0.792. The van der Waals surface area contributed by atoms with Gasteiger partial charge in [0.15, 0.2) is 0 Å². The van der Waals surface area contributed by atoms with Crippen LogP contribution in [0.1, 0.15) is 11.3 Å². The van der Waals surface area contributed by atoms with E-state index in [9.17, 15) is 0 Å². The van der Waals surface area contributed by atoms with Crippen molar-refractivity contribution in [2.75, 3.05) is 0 Å². The summed E-state index contributed by atoms with van der Waals surface area (Å²) in [5.74, 6) is 0.580. The molecule has 1 heterocycles. The third kappa shape index (κ3) is 2.93. The highest BCUT2D eigenvalue weighted by Gasteiger charge is 2.06. The Morgan fingerprint density at radius 1 is 1.05 bits per heavy atom. The van der Waals surface area contributed by atoms with Crippen molar-refractivity contribution in [2.24, 2.45) is 0 Å². The van der Waals surface area contributed by atoms with Crippen LogP contribution in [0, 0.1) is 11.3 Å². The predicted molar refractivity (Wildman–Crippen MR) is 79.5 cm³/mol. The van der Waals surface area contributed by atoms with Gasteiger partial charge in [-0.1, -0.05) is 42.5 Å². The highest BCUT2D eigenvalue weighted by molar-refractivity contribution is 5.58. The molecule has 102 valence electrons. The Labute approximate surface area is 122 Å². The lowest BCUT2D eigenvalue weighted by Gasteiger charge is -2.05. The molecule has 0 aliphatic carbocycles. The van der Waals surface area contributed by atoms with Gasteiger partial charge in [-0.05, 0) is 18.2 Å². The van der Waals surface area contributed by atoms with Crippen molar-refractivity contribution in [3.8, 4) is 23.1 Å². The van der Waals surface area contributed by atoms with Crippen LogP contribution in [0.3, 0.4) is 0 Å². The van der Waals surface area contributed by atoms with E-state index < -0.39 is 0 Å². The third-order valence-electron chi connectivity index (χ3n) is 3.09. The van der Waals surface area contributed by atoms with Gasteiger partial charge in [-0.3, -0.25) is 5.10 Å². The number of nitrogens with zero attached hydrogens (tertiary/aromatic N) is 2. The molecule has 0 fully saturated rings. The number of aromatic amines is 1. The molecule has 0 aliphatic rings. The zero-order valence-electron chi connectivity index (χ0n) is 11.3. The number of benzene rings is 2. The molecule has 0 unspecified atom stereocenters. The van der Waals surface area contributed by atoms with E-state index in [4.69, 9.17) is 10.00 Å². The van der Waals surface area contributed by atoms with Crippen molar-refractivity contribution in [3.63, 3.8) is 0 Å². The maximum Gasteiger partial charge on any atom is 0.137 e. The summed E-state index contributed by atoms with van der Waals surface area (Å²) in [6, 6.07) is 21.2. The molecule has 4 heteroatoms. The van der Waals surface area contributed by atoms with Crippen molar-refractivity contribution in [2.45, 2.75) is 6.61 Å². The summed E-state index contributed by atoms with van der Waals surface area (Å²) in [7, 11) is 0. The standard InChI is InChI=1S/C17H13N3O/c18-11-14-8-4-5-9-17(14)21-12-15-10-16(20-19-15)13-6-2-1-3-7-13/h1-10H,12H2,(H,19,20). The second kappa shape index (κ2) is 5.93. The van der Waals surface area contributed by atoms with Crippen LogP contribution in [-0.4, -0.2) is 10.2 Å². The van der Waals surface area contributed by atoms with Gasteiger partial charge < -0.3 is 4.74 Å². The number of para-hydroxylation sites is 1. The van der Waals surface area contributed by atoms with Gasteiger partial charge in [0.1, 0.15) is 18.4 Å². The summed E-state index contributed by atoms with van der Waals surface area (Å²) in [6.45, 7) is 0.346. The van der Waals surface area contributed by atoms with Gasteiger partial charge in [-0.15, -0.1) is 0 Å². The van der Waals surface area contributed by atoms with Crippen molar-refractivity contribution in [3.05, 3.63) is 71.9 Å². The minimum absolute atomic E-state index is 0.346. The first-order chi connectivity index (χ1) is 10.4. The number of nitrogens with one attached hydrogen (secondary N) is 1. The van der Waals surface area contributed by atoms with Crippen LogP contribution in [0.2, 0.25) is 0 Å². The van der Waals surface area contributed by atoms with Crippen molar-refractivity contribution in [1.82, 2.24) is 10.2 Å².